The second-order valence-electron chi connectivity index (χ2n) is 20.0. The number of fused-ring (bicyclic) bond motifs is 9. The van der Waals surface area contributed by atoms with Gasteiger partial charge in [0.1, 0.15) is 0 Å². The standard InChI is InChI=1S/C72H49N3Si/c1-4-24-56(25-5-1)76(57-26-6-2-7-27-57,58-28-8-3-9-29-58)59-44-42-50(43-45-59)51-22-20-23-52(46-51)53-47-54(73-65-35-15-10-30-60(65)61-31-11-16-36-66(61)73)49-55(48-53)74-69-39-19-14-34-64(69)72-70(74)40-21-41-71(72)75-67-37-17-12-32-62(67)63-33-13-18-38-68(63)75/h1-49H. The van der Waals surface area contributed by atoms with E-state index in [1.807, 2.05) is 0 Å². The zero-order chi connectivity index (χ0) is 50.2. The first kappa shape index (κ1) is 43.8. The van der Waals surface area contributed by atoms with Gasteiger partial charge in [-0.05, 0) is 110 Å². The van der Waals surface area contributed by atoms with E-state index >= 15 is 0 Å². The van der Waals surface area contributed by atoms with E-state index in [1.54, 1.807) is 0 Å². The van der Waals surface area contributed by atoms with Gasteiger partial charge in [-0.25, -0.2) is 0 Å². The molecule has 3 heterocycles. The van der Waals surface area contributed by atoms with Crippen LogP contribution in [0, 0.1) is 0 Å². The quantitative estimate of drug-likeness (QED) is 0.101. The number of hydrogen-bond acceptors (Lipinski definition) is 0. The largest absolute Gasteiger partial charge is 0.309 e. The van der Waals surface area contributed by atoms with Gasteiger partial charge in [0.2, 0.25) is 0 Å². The molecule has 0 bridgehead atoms. The van der Waals surface area contributed by atoms with Crippen LogP contribution in [-0.2, 0) is 0 Å². The number of nitrogens with zero attached hydrogens (tertiary/aromatic N) is 3. The number of aromatic nitrogens is 3. The van der Waals surface area contributed by atoms with E-state index in [4.69, 9.17) is 0 Å². The summed E-state index contributed by atoms with van der Waals surface area (Å²) in [7, 11) is -2.68. The Labute approximate surface area is 442 Å². The van der Waals surface area contributed by atoms with Crippen LogP contribution in [0.3, 0.4) is 0 Å². The fourth-order valence-corrected chi connectivity index (χ4v) is 17.5. The summed E-state index contributed by atoms with van der Waals surface area (Å²) in [6.45, 7) is 0. The predicted molar refractivity (Wildman–Crippen MR) is 324 cm³/mol. The van der Waals surface area contributed by atoms with Gasteiger partial charge in [0.05, 0.1) is 38.8 Å². The fraction of sp³-hybridized carbons (Fsp3) is 0. The first-order valence-electron chi connectivity index (χ1n) is 26.3. The maximum absolute atomic E-state index is 2.68. The molecule has 0 N–H and O–H groups in total. The Morgan fingerprint density at radius 1 is 0.211 bits per heavy atom. The first-order chi connectivity index (χ1) is 37.7. The summed E-state index contributed by atoms with van der Waals surface area (Å²) >= 11 is 0. The molecule has 12 aromatic carbocycles. The van der Waals surface area contributed by atoms with Gasteiger partial charge in [-0.1, -0.05) is 231 Å². The lowest BCUT2D eigenvalue weighted by Crippen LogP contribution is -2.74. The number of para-hydroxylation sites is 5. The maximum Gasteiger partial charge on any atom is 0.179 e. The molecule has 15 aromatic rings. The van der Waals surface area contributed by atoms with E-state index in [1.165, 1.54) is 91.9 Å². The SMILES string of the molecule is c1ccc([Si](c2ccccc2)(c2ccccc2)c2ccc(-c3cccc(-c4cc(-n5c6ccccc6c6ccccc65)cc(-n5c6ccccc6c6c(-n7c8ccccc8c8ccccc87)cccc65)c4)c3)cc2)cc1. The molecule has 0 unspecified atom stereocenters. The Morgan fingerprint density at radius 3 is 1.05 bits per heavy atom. The molecule has 0 atom stereocenters. The third kappa shape index (κ3) is 6.74. The molecular formula is C72H49N3Si. The average Bonchev–Trinajstić information content (AvgIpc) is 4.27. The smallest absolute Gasteiger partial charge is 0.179 e. The Bertz CT molecular complexity index is 4480. The van der Waals surface area contributed by atoms with Gasteiger partial charge in [0.15, 0.2) is 8.07 Å². The van der Waals surface area contributed by atoms with Gasteiger partial charge in [-0.2, -0.15) is 0 Å². The highest BCUT2D eigenvalue weighted by Crippen LogP contribution is 2.42. The van der Waals surface area contributed by atoms with E-state index < -0.39 is 8.07 Å². The second kappa shape index (κ2) is 17.7. The van der Waals surface area contributed by atoms with Crippen LogP contribution >= 0.6 is 0 Å². The van der Waals surface area contributed by atoms with Crippen molar-refractivity contribution in [2.45, 2.75) is 0 Å². The highest BCUT2D eigenvalue weighted by Gasteiger charge is 2.41. The minimum absolute atomic E-state index is 1.10. The molecule has 0 saturated heterocycles. The highest BCUT2D eigenvalue weighted by atomic mass is 28.3. The van der Waals surface area contributed by atoms with Crippen LogP contribution in [0.25, 0.3) is 105 Å². The van der Waals surface area contributed by atoms with E-state index in [0.29, 0.717) is 0 Å². The van der Waals surface area contributed by atoms with Crippen molar-refractivity contribution in [1.82, 2.24) is 13.7 Å². The molecule has 0 radical (unpaired) electrons. The van der Waals surface area contributed by atoms with Crippen molar-refractivity contribution < 1.29 is 0 Å². The molecule has 0 amide bonds. The summed E-state index contributed by atoms with van der Waals surface area (Å²) in [5, 5.41) is 12.9. The normalized spacial score (nSPS) is 11.9. The summed E-state index contributed by atoms with van der Waals surface area (Å²) in [5.74, 6) is 0. The lowest BCUT2D eigenvalue weighted by molar-refractivity contribution is 1.13. The Hall–Kier alpha value is -9.74. The van der Waals surface area contributed by atoms with Crippen molar-refractivity contribution in [1.29, 1.82) is 0 Å². The van der Waals surface area contributed by atoms with Gasteiger partial charge >= 0.3 is 0 Å². The molecule has 76 heavy (non-hydrogen) atoms. The van der Waals surface area contributed by atoms with Crippen LogP contribution in [0.5, 0.6) is 0 Å². The summed E-state index contributed by atoms with van der Waals surface area (Å²) < 4.78 is 7.42. The molecule has 0 fully saturated rings. The summed E-state index contributed by atoms with van der Waals surface area (Å²) in [6.07, 6.45) is 0. The van der Waals surface area contributed by atoms with Crippen molar-refractivity contribution in [3.8, 4) is 39.3 Å². The van der Waals surface area contributed by atoms with E-state index in [0.717, 1.165) is 33.5 Å². The first-order valence-corrected chi connectivity index (χ1v) is 28.3. The summed E-state index contributed by atoms with van der Waals surface area (Å²) in [6, 6.07) is 110. The minimum atomic E-state index is -2.68. The molecule has 0 aliphatic carbocycles. The van der Waals surface area contributed by atoms with E-state index in [2.05, 4.69) is 311 Å². The van der Waals surface area contributed by atoms with Crippen LogP contribution in [0.4, 0.5) is 0 Å². The highest BCUT2D eigenvalue weighted by molar-refractivity contribution is 7.19. The number of hydrogen-bond donors (Lipinski definition) is 0. The fourth-order valence-electron chi connectivity index (χ4n) is 12.7. The Morgan fingerprint density at radius 2 is 0.566 bits per heavy atom. The van der Waals surface area contributed by atoms with Gasteiger partial charge in [0, 0.05) is 43.7 Å². The number of benzene rings is 12. The lowest BCUT2D eigenvalue weighted by atomic mass is 9.98. The minimum Gasteiger partial charge on any atom is -0.309 e. The molecule has 3 aromatic heterocycles. The molecule has 15 rings (SSSR count). The van der Waals surface area contributed by atoms with Crippen molar-refractivity contribution in [2.75, 3.05) is 0 Å². The van der Waals surface area contributed by atoms with Crippen LogP contribution in [0.2, 0.25) is 0 Å². The number of rotatable bonds is 9. The lowest BCUT2D eigenvalue weighted by Gasteiger charge is -2.34. The molecule has 3 nitrogen and oxygen atoms in total. The van der Waals surface area contributed by atoms with Crippen LogP contribution in [-0.4, -0.2) is 21.8 Å². The van der Waals surface area contributed by atoms with Crippen molar-refractivity contribution in [2.24, 2.45) is 0 Å². The third-order valence-corrected chi connectivity index (χ3v) is 20.8. The Kier molecular flexibility index (Phi) is 10.2. The summed E-state index contributed by atoms with van der Waals surface area (Å²) in [5.41, 5.74) is 15.1. The zero-order valence-corrected chi connectivity index (χ0v) is 42.6. The molecule has 0 aliphatic heterocycles. The van der Waals surface area contributed by atoms with Gasteiger partial charge < -0.3 is 13.7 Å². The van der Waals surface area contributed by atoms with E-state index in [9.17, 15) is 0 Å². The van der Waals surface area contributed by atoms with Gasteiger partial charge in [0.25, 0.3) is 0 Å². The van der Waals surface area contributed by atoms with Crippen LogP contribution < -0.4 is 20.7 Å². The predicted octanol–water partition coefficient (Wildman–Crippen LogP) is 15.7. The van der Waals surface area contributed by atoms with Gasteiger partial charge in [-0.3, -0.25) is 0 Å². The van der Waals surface area contributed by atoms with Crippen molar-refractivity contribution in [3.05, 3.63) is 297 Å². The zero-order valence-electron chi connectivity index (χ0n) is 41.6. The monoisotopic (exact) mass is 983 g/mol. The van der Waals surface area contributed by atoms with Crippen LogP contribution in [0.15, 0.2) is 297 Å². The summed E-state index contributed by atoms with van der Waals surface area (Å²) in [4.78, 5) is 0. The molecule has 0 aliphatic rings. The molecule has 0 spiro atoms. The Balaban J connectivity index is 0.936. The van der Waals surface area contributed by atoms with Gasteiger partial charge in [-0.15, -0.1) is 0 Å². The third-order valence-electron chi connectivity index (χ3n) is 16.0. The topological polar surface area (TPSA) is 14.8 Å². The molecule has 356 valence electrons. The molecule has 0 saturated carbocycles. The molecule has 4 heteroatoms. The second-order valence-corrected chi connectivity index (χ2v) is 23.8. The van der Waals surface area contributed by atoms with Crippen molar-refractivity contribution >= 4 is 94.2 Å². The van der Waals surface area contributed by atoms with Crippen molar-refractivity contribution in [3.63, 3.8) is 0 Å². The molecular weight excluding hydrogens is 935 g/mol. The maximum atomic E-state index is 2.49. The van der Waals surface area contributed by atoms with Crippen LogP contribution in [0.1, 0.15) is 0 Å². The average molecular weight is 984 g/mol. The van der Waals surface area contributed by atoms with E-state index in [-0.39, 0.29) is 0 Å².